The quantitative estimate of drug-likeness (QED) is 0.252. The monoisotopic (exact) mass is 572 g/mol. The Bertz CT molecular complexity index is 1410. The summed E-state index contributed by atoms with van der Waals surface area (Å²) in [6, 6.07) is 18.2. The number of nitrogens with zero attached hydrogens (tertiary/aromatic N) is 2. The first-order valence-corrected chi connectivity index (χ1v) is 14.2. The van der Waals surface area contributed by atoms with Gasteiger partial charge in [0.1, 0.15) is 11.9 Å². The van der Waals surface area contributed by atoms with Crippen molar-refractivity contribution in [3.63, 3.8) is 0 Å². The summed E-state index contributed by atoms with van der Waals surface area (Å²) in [7, 11) is 1.57. The maximum atomic E-state index is 13.9. The number of hydrogen-bond donors (Lipinski definition) is 5. The number of para-hydroxylation sites is 1. The van der Waals surface area contributed by atoms with E-state index in [9.17, 15) is 19.5 Å². The van der Waals surface area contributed by atoms with Crippen LogP contribution in [0.15, 0.2) is 66.9 Å². The lowest BCUT2D eigenvalue weighted by Crippen LogP contribution is -2.51. The number of pyridine rings is 1. The van der Waals surface area contributed by atoms with E-state index < -0.39 is 17.7 Å². The van der Waals surface area contributed by atoms with Crippen LogP contribution >= 0.6 is 0 Å². The average Bonchev–Trinajstić information content (AvgIpc) is 3.09. The highest BCUT2D eigenvalue weighted by Gasteiger charge is 2.33. The van der Waals surface area contributed by atoms with Gasteiger partial charge in [0.2, 0.25) is 5.91 Å². The topological polar surface area (TPSA) is 136 Å². The van der Waals surface area contributed by atoms with Crippen molar-refractivity contribution < 1.29 is 19.5 Å². The number of nitrogens with one attached hydrogen (secondary N) is 4. The van der Waals surface area contributed by atoms with Crippen LogP contribution < -0.4 is 26.2 Å². The minimum Gasteiger partial charge on any atom is -0.392 e. The summed E-state index contributed by atoms with van der Waals surface area (Å²) in [6.07, 6.45) is 2.38. The fourth-order valence-corrected chi connectivity index (χ4v) is 5.01. The van der Waals surface area contributed by atoms with Gasteiger partial charge in [-0.25, -0.2) is 9.78 Å². The summed E-state index contributed by atoms with van der Waals surface area (Å²) in [5.41, 5.74) is 3.79. The van der Waals surface area contributed by atoms with Gasteiger partial charge in [-0.3, -0.25) is 14.5 Å². The molecule has 0 aliphatic carbocycles. The second-order valence-electron chi connectivity index (χ2n) is 11.3. The number of carbonyl (C=O) groups excluding carboxylic acids is 3. The van der Waals surface area contributed by atoms with E-state index in [2.05, 4.69) is 26.3 Å². The molecule has 10 heteroatoms. The maximum Gasteiger partial charge on any atom is 0.318 e. The van der Waals surface area contributed by atoms with Crippen LogP contribution in [0.4, 0.5) is 16.3 Å². The van der Waals surface area contributed by atoms with Gasteiger partial charge in [-0.1, -0.05) is 48.5 Å². The number of amides is 4. The van der Waals surface area contributed by atoms with Crippen LogP contribution in [0, 0.1) is 0 Å². The molecule has 10 nitrogen and oxygen atoms in total. The number of urea groups is 1. The second kappa shape index (κ2) is 13.6. The number of aryl methyl sites for hydroxylation is 1. The Kier molecular flexibility index (Phi) is 9.92. The number of aliphatic hydroxyl groups is 1. The van der Waals surface area contributed by atoms with Gasteiger partial charge in [0.15, 0.2) is 0 Å². The van der Waals surface area contributed by atoms with Gasteiger partial charge < -0.3 is 26.4 Å². The first-order chi connectivity index (χ1) is 20.1. The van der Waals surface area contributed by atoms with E-state index in [0.29, 0.717) is 30.9 Å². The highest BCUT2D eigenvalue weighted by atomic mass is 16.3. The van der Waals surface area contributed by atoms with Crippen LogP contribution in [-0.4, -0.2) is 59.2 Å². The van der Waals surface area contributed by atoms with Gasteiger partial charge >= 0.3 is 6.03 Å². The smallest absolute Gasteiger partial charge is 0.318 e. The molecule has 0 saturated carbocycles. The maximum absolute atomic E-state index is 13.9. The largest absolute Gasteiger partial charge is 0.392 e. The fourth-order valence-electron chi connectivity index (χ4n) is 5.01. The number of anilines is 2. The lowest BCUT2D eigenvalue weighted by atomic mass is 9.99. The van der Waals surface area contributed by atoms with Crippen molar-refractivity contribution in [3.05, 3.63) is 78.0 Å². The third kappa shape index (κ3) is 7.92. The SMILES string of the molecule is CNC(=O)Nc1ccccc1-c1ccc(CN2C(=O)[C@H](NC(=O)CC(C)(C)NC[C@@H](C)O)CCc3cccnc32)cc1. The summed E-state index contributed by atoms with van der Waals surface area (Å²) in [4.78, 5) is 45.0. The minimum atomic E-state index is -0.693. The molecule has 4 rings (SSSR count). The van der Waals surface area contributed by atoms with Crippen molar-refractivity contribution in [3.8, 4) is 11.1 Å². The van der Waals surface area contributed by atoms with Crippen molar-refractivity contribution in [2.45, 2.75) is 64.3 Å². The summed E-state index contributed by atoms with van der Waals surface area (Å²) in [5.74, 6) is 0.158. The van der Waals surface area contributed by atoms with Gasteiger partial charge in [0.25, 0.3) is 5.91 Å². The number of aromatic nitrogens is 1. The number of β-amino-alcohol motifs (C(OH)–C–C–N with tert-alkyl or cyclic N) is 1. The molecule has 0 radical (unpaired) electrons. The molecule has 222 valence electrons. The van der Waals surface area contributed by atoms with Crippen molar-refractivity contribution in [1.82, 2.24) is 20.9 Å². The van der Waals surface area contributed by atoms with E-state index in [-0.39, 0.29) is 30.8 Å². The second-order valence-corrected chi connectivity index (χ2v) is 11.3. The number of fused-ring (bicyclic) bond motifs is 1. The first kappa shape index (κ1) is 30.7. The molecule has 0 saturated heterocycles. The van der Waals surface area contributed by atoms with E-state index in [0.717, 1.165) is 22.3 Å². The average molecular weight is 573 g/mol. The van der Waals surface area contributed by atoms with Gasteiger partial charge in [-0.15, -0.1) is 0 Å². The van der Waals surface area contributed by atoms with Gasteiger partial charge in [0.05, 0.1) is 18.3 Å². The molecule has 42 heavy (non-hydrogen) atoms. The molecule has 2 aromatic carbocycles. The van der Waals surface area contributed by atoms with Crippen molar-refractivity contribution in [2.24, 2.45) is 0 Å². The van der Waals surface area contributed by atoms with Gasteiger partial charge in [-0.2, -0.15) is 0 Å². The molecule has 0 spiro atoms. The number of rotatable bonds is 10. The van der Waals surface area contributed by atoms with E-state index >= 15 is 0 Å². The molecule has 3 aromatic rings. The Morgan fingerprint density at radius 2 is 1.83 bits per heavy atom. The zero-order chi connectivity index (χ0) is 30.3. The Labute approximate surface area is 246 Å². The third-order valence-corrected chi connectivity index (χ3v) is 7.21. The van der Waals surface area contributed by atoms with Crippen LogP contribution in [0.3, 0.4) is 0 Å². The molecular weight excluding hydrogens is 532 g/mol. The molecule has 5 N–H and O–H groups in total. The van der Waals surface area contributed by atoms with E-state index in [1.807, 2.05) is 74.5 Å². The predicted molar refractivity (Wildman–Crippen MR) is 164 cm³/mol. The summed E-state index contributed by atoms with van der Waals surface area (Å²) >= 11 is 0. The number of carbonyl (C=O) groups is 3. The molecule has 1 aliphatic heterocycles. The number of hydrogen-bond acceptors (Lipinski definition) is 6. The van der Waals surface area contributed by atoms with E-state index in [1.165, 1.54) is 0 Å². The summed E-state index contributed by atoms with van der Waals surface area (Å²) < 4.78 is 0. The zero-order valence-electron chi connectivity index (χ0n) is 24.6. The molecule has 4 amide bonds. The van der Waals surface area contributed by atoms with Crippen LogP contribution in [0.5, 0.6) is 0 Å². The number of benzene rings is 2. The molecule has 2 heterocycles. The third-order valence-electron chi connectivity index (χ3n) is 7.21. The van der Waals surface area contributed by atoms with Crippen LogP contribution in [0.25, 0.3) is 11.1 Å². The first-order valence-electron chi connectivity index (χ1n) is 14.2. The van der Waals surface area contributed by atoms with Crippen molar-refractivity contribution in [2.75, 3.05) is 23.8 Å². The lowest BCUT2D eigenvalue weighted by Gasteiger charge is -2.29. The predicted octanol–water partition coefficient (Wildman–Crippen LogP) is 3.60. The standard InChI is InChI=1S/C32H40N6O4/c1-21(39)19-35-32(2,3)18-28(40)36-27-16-15-24-8-7-17-34-29(24)38(30(27)41)20-22-11-13-23(14-12-22)25-9-5-6-10-26(25)37-31(42)33-4/h5-14,17,21,27,35,39H,15-16,18-20H2,1-4H3,(H,36,40)(H2,33,37,42)/t21-,27-/m1/s1. The Morgan fingerprint density at radius 1 is 1.10 bits per heavy atom. The molecule has 0 fully saturated rings. The van der Waals surface area contributed by atoms with Crippen molar-refractivity contribution >= 4 is 29.4 Å². The molecule has 0 unspecified atom stereocenters. The summed E-state index contributed by atoms with van der Waals surface area (Å²) in [6.45, 7) is 6.13. The Hall–Kier alpha value is -4.28. The highest BCUT2D eigenvalue weighted by Crippen LogP contribution is 2.30. The normalized spacial score (nSPS) is 15.8. The number of aliphatic hydroxyl groups excluding tert-OH is 1. The van der Waals surface area contributed by atoms with Crippen molar-refractivity contribution in [1.29, 1.82) is 0 Å². The zero-order valence-corrected chi connectivity index (χ0v) is 24.6. The van der Waals surface area contributed by atoms with Gasteiger partial charge in [-0.05, 0) is 62.4 Å². The highest BCUT2D eigenvalue weighted by molar-refractivity contribution is 6.00. The summed E-state index contributed by atoms with van der Waals surface area (Å²) in [5, 5.41) is 21.2. The van der Waals surface area contributed by atoms with E-state index in [4.69, 9.17) is 0 Å². The molecular formula is C32H40N6O4. The van der Waals surface area contributed by atoms with Crippen LogP contribution in [0.2, 0.25) is 0 Å². The van der Waals surface area contributed by atoms with Gasteiger partial charge in [0, 0.05) is 37.3 Å². The fraction of sp³-hybridized carbons (Fsp3) is 0.375. The Morgan fingerprint density at radius 3 is 2.55 bits per heavy atom. The van der Waals surface area contributed by atoms with Crippen LogP contribution in [0.1, 0.15) is 44.7 Å². The Balaban J connectivity index is 1.52. The molecule has 1 aromatic heterocycles. The molecule has 1 aliphatic rings. The molecule has 2 atom stereocenters. The van der Waals surface area contributed by atoms with E-state index in [1.54, 1.807) is 25.1 Å². The lowest BCUT2D eigenvalue weighted by molar-refractivity contribution is -0.128. The van der Waals surface area contributed by atoms with Crippen LogP contribution in [-0.2, 0) is 22.6 Å². The minimum absolute atomic E-state index is 0.159. The molecule has 0 bridgehead atoms.